The molecule has 3 aromatic heterocycles. The summed E-state index contributed by atoms with van der Waals surface area (Å²) >= 11 is 1.41. The van der Waals surface area contributed by atoms with Gasteiger partial charge in [0.15, 0.2) is 11.5 Å². The summed E-state index contributed by atoms with van der Waals surface area (Å²) in [5.74, 6) is 2.36. The molecular weight excluding hydrogens is 414 g/mol. The van der Waals surface area contributed by atoms with Crippen molar-refractivity contribution in [2.24, 2.45) is 0 Å². The van der Waals surface area contributed by atoms with E-state index in [4.69, 9.17) is 13.9 Å². The number of methoxy groups -OCH3 is 1. The van der Waals surface area contributed by atoms with Crippen LogP contribution in [0.3, 0.4) is 0 Å². The van der Waals surface area contributed by atoms with Crippen LogP contribution in [-0.2, 0) is 13.1 Å². The zero-order valence-corrected chi connectivity index (χ0v) is 17.5. The Morgan fingerprint density at radius 3 is 2.97 bits per heavy atom. The predicted molar refractivity (Wildman–Crippen MR) is 117 cm³/mol. The molecule has 1 N–H and O–H groups in total. The second-order valence-electron chi connectivity index (χ2n) is 6.86. The minimum absolute atomic E-state index is 0.146. The number of hydrogen-bond donors (Lipinski definition) is 1. The van der Waals surface area contributed by atoms with E-state index in [0.29, 0.717) is 41.1 Å². The summed E-state index contributed by atoms with van der Waals surface area (Å²) in [5, 5.41) is 3.80. The molecular formula is C23H19N3O4S. The first-order valence-corrected chi connectivity index (χ1v) is 10.5. The van der Waals surface area contributed by atoms with Crippen molar-refractivity contribution in [3.63, 3.8) is 0 Å². The number of nitrogens with zero attached hydrogens (tertiary/aromatic N) is 2. The van der Waals surface area contributed by atoms with E-state index in [9.17, 15) is 4.79 Å². The standard InChI is InChI=1S/C23H19N3O4S/c1-28-18-8-2-5-15-14-26(17-7-3-11-24-23(17)30-21(15)18)20-10-9-19(31-20)22(27)25-13-16-6-4-12-29-16/h2-12H,13-14H2,1H3,(H,25,27). The number of nitrogens with one attached hydrogen (secondary N) is 1. The van der Waals surface area contributed by atoms with Crippen LogP contribution in [0.2, 0.25) is 0 Å². The zero-order valence-electron chi connectivity index (χ0n) is 16.7. The maximum Gasteiger partial charge on any atom is 0.261 e. The summed E-state index contributed by atoms with van der Waals surface area (Å²) < 4.78 is 16.9. The third kappa shape index (κ3) is 3.73. The number of carbonyl (C=O) groups excluding carboxylic acids is 1. The van der Waals surface area contributed by atoms with Gasteiger partial charge in [-0.3, -0.25) is 4.79 Å². The number of amides is 1. The Labute approximate surface area is 182 Å². The fourth-order valence-electron chi connectivity index (χ4n) is 3.44. The van der Waals surface area contributed by atoms with Gasteiger partial charge in [-0.15, -0.1) is 11.3 Å². The molecule has 0 bridgehead atoms. The van der Waals surface area contributed by atoms with Crippen molar-refractivity contribution < 1.29 is 18.7 Å². The Kier molecular flexibility index (Phi) is 5.05. The quantitative estimate of drug-likeness (QED) is 0.471. The smallest absolute Gasteiger partial charge is 0.261 e. The number of furan rings is 1. The number of ether oxygens (including phenoxy) is 2. The maximum atomic E-state index is 12.6. The molecule has 0 atom stereocenters. The number of pyridine rings is 1. The van der Waals surface area contributed by atoms with Gasteiger partial charge in [-0.25, -0.2) is 4.98 Å². The predicted octanol–water partition coefficient (Wildman–Crippen LogP) is 5.12. The lowest BCUT2D eigenvalue weighted by Gasteiger charge is -2.21. The van der Waals surface area contributed by atoms with Gasteiger partial charge in [-0.2, -0.15) is 0 Å². The lowest BCUT2D eigenvalue weighted by atomic mass is 10.1. The zero-order chi connectivity index (χ0) is 21.2. The van der Waals surface area contributed by atoms with E-state index in [1.807, 2.05) is 48.5 Å². The van der Waals surface area contributed by atoms with Crippen LogP contribution >= 0.6 is 11.3 Å². The topological polar surface area (TPSA) is 76.8 Å². The molecule has 7 nitrogen and oxygen atoms in total. The van der Waals surface area contributed by atoms with E-state index in [1.165, 1.54) is 11.3 Å². The van der Waals surface area contributed by atoms with Crippen LogP contribution in [-0.4, -0.2) is 18.0 Å². The van der Waals surface area contributed by atoms with E-state index >= 15 is 0 Å². The minimum Gasteiger partial charge on any atom is -0.493 e. The van der Waals surface area contributed by atoms with Crippen molar-refractivity contribution >= 4 is 27.9 Å². The van der Waals surface area contributed by atoms with Crippen molar-refractivity contribution in [2.45, 2.75) is 13.1 Å². The molecule has 0 radical (unpaired) electrons. The van der Waals surface area contributed by atoms with Gasteiger partial charge in [-0.1, -0.05) is 12.1 Å². The Morgan fingerprint density at radius 2 is 2.13 bits per heavy atom. The summed E-state index contributed by atoms with van der Waals surface area (Å²) in [4.78, 5) is 19.8. The van der Waals surface area contributed by atoms with Gasteiger partial charge in [0.05, 0.1) is 36.3 Å². The van der Waals surface area contributed by atoms with Gasteiger partial charge >= 0.3 is 0 Å². The number of fused-ring (bicyclic) bond motifs is 2. The van der Waals surface area contributed by atoms with Gasteiger partial charge in [0.2, 0.25) is 5.88 Å². The molecule has 31 heavy (non-hydrogen) atoms. The molecule has 0 saturated heterocycles. The van der Waals surface area contributed by atoms with E-state index in [-0.39, 0.29) is 5.91 Å². The van der Waals surface area contributed by atoms with Crippen LogP contribution in [0.5, 0.6) is 17.4 Å². The number of anilines is 2. The largest absolute Gasteiger partial charge is 0.493 e. The second-order valence-corrected chi connectivity index (χ2v) is 7.93. The molecule has 156 valence electrons. The monoisotopic (exact) mass is 433 g/mol. The highest BCUT2D eigenvalue weighted by molar-refractivity contribution is 7.18. The molecule has 0 saturated carbocycles. The number of carbonyl (C=O) groups is 1. The van der Waals surface area contributed by atoms with Crippen molar-refractivity contribution in [3.05, 3.63) is 83.3 Å². The molecule has 8 heteroatoms. The Hall–Kier alpha value is -3.78. The number of hydrogen-bond acceptors (Lipinski definition) is 7. The number of aromatic nitrogens is 1. The van der Waals surface area contributed by atoms with Gasteiger partial charge in [0, 0.05) is 11.8 Å². The summed E-state index contributed by atoms with van der Waals surface area (Å²) in [6.07, 6.45) is 3.28. The van der Waals surface area contributed by atoms with Crippen LogP contribution < -0.4 is 19.7 Å². The molecule has 1 aliphatic rings. The summed E-state index contributed by atoms with van der Waals surface area (Å²) in [6.45, 7) is 0.899. The first-order chi connectivity index (χ1) is 15.2. The first-order valence-electron chi connectivity index (χ1n) is 9.69. The Morgan fingerprint density at radius 1 is 1.19 bits per heavy atom. The van der Waals surface area contributed by atoms with E-state index in [2.05, 4.69) is 15.2 Å². The number of thiophene rings is 1. The van der Waals surface area contributed by atoms with Gasteiger partial charge in [0.25, 0.3) is 5.91 Å². The van der Waals surface area contributed by atoms with Crippen molar-refractivity contribution in [2.75, 3.05) is 12.0 Å². The van der Waals surface area contributed by atoms with Crippen molar-refractivity contribution in [1.29, 1.82) is 0 Å². The maximum absolute atomic E-state index is 12.6. The van der Waals surface area contributed by atoms with E-state index in [0.717, 1.165) is 16.3 Å². The van der Waals surface area contributed by atoms with Gasteiger partial charge in [0.1, 0.15) is 11.4 Å². The highest BCUT2D eigenvalue weighted by Gasteiger charge is 2.26. The third-order valence-electron chi connectivity index (χ3n) is 4.93. The van der Waals surface area contributed by atoms with Crippen LogP contribution in [0.15, 0.2) is 71.5 Å². The lowest BCUT2D eigenvalue weighted by molar-refractivity contribution is 0.0952. The molecule has 0 aliphatic carbocycles. The molecule has 5 rings (SSSR count). The first kappa shape index (κ1) is 19.2. The van der Waals surface area contributed by atoms with Crippen molar-refractivity contribution in [3.8, 4) is 17.4 Å². The Balaban J connectivity index is 1.46. The SMILES string of the molecule is COc1cccc2c1Oc1ncccc1N(c1ccc(C(=O)NCc3ccco3)s1)C2. The number of rotatable bonds is 5. The number of para-hydroxylation sites is 1. The fourth-order valence-corrected chi connectivity index (χ4v) is 4.38. The normalized spacial score (nSPS) is 12.4. The molecule has 1 aromatic carbocycles. The van der Waals surface area contributed by atoms with Crippen LogP contribution in [0.25, 0.3) is 0 Å². The highest BCUT2D eigenvalue weighted by atomic mass is 32.1. The molecule has 1 amide bonds. The highest BCUT2D eigenvalue weighted by Crippen LogP contribution is 2.45. The van der Waals surface area contributed by atoms with Crippen LogP contribution in [0, 0.1) is 0 Å². The minimum atomic E-state index is -0.146. The Bertz CT molecular complexity index is 1220. The molecule has 4 heterocycles. The fraction of sp³-hybridized carbons (Fsp3) is 0.130. The van der Waals surface area contributed by atoms with E-state index < -0.39 is 0 Å². The lowest BCUT2D eigenvalue weighted by Crippen LogP contribution is -2.21. The van der Waals surface area contributed by atoms with Crippen LogP contribution in [0.1, 0.15) is 21.0 Å². The summed E-state index contributed by atoms with van der Waals surface area (Å²) in [7, 11) is 1.62. The number of benzene rings is 1. The molecule has 0 fully saturated rings. The molecule has 1 aliphatic heterocycles. The average molecular weight is 433 g/mol. The van der Waals surface area contributed by atoms with E-state index in [1.54, 1.807) is 25.6 Å². The molecule has 4 aromatic rings. The third-order valence-corrected chi connectivity index (χ3v) is 6.04. The molecule has 0 spiro atoms. The van der Waals surface area contributed by atoms with Gasteiger partial charge in [-0.05, 0) is 42.5 Å². The van der Waals surface area contributed by atoms with Crippen LogP contribution in [0.4, 0.5) is 10.7 Å². The second kappa shape index (κ2) is 8.16. The molecule has 0 unspecified atom stereocenters. The summed E-state index contributed by atoms with van der Waals surface area (Å²) in [6, 6.07) is 17.0. The summed E-state index contributed by atoms with van der Waals surface area (Å²) in [5.41, 5.74) is 1.79. The average Bonchev–Trinajstić information content (AvgIpc) is 3.47. The van der Waals surface area contributed by atoms with Crippen molar-refractivity contribution in [1.82, 2.24) is 10.3 Å². The van der Waals surface area contributed by atoms with Gasteiger partial charge < -0.3 is 24.1 Å².